The Morgan fingerprint density at radius 1 is 1.22 bits per heavy atom. The Morgan fingerprint density at radius 3 is 2.67 bits per heavy atom. The number of benzene rings is 2. The molecule has 8 heteroatoms. The summed E-state index contributed by atoms with van der Waals surface area (Å²) < 4.78 is 28.8. The van der Waals surface area contributed by atoms with E-state index in [9.17, 15) is 13.6 Å². The first-order valence-corrected chi connectivity index (χ1v) is 9.00. The van der Waals surface area contributed by atoms with Crippen LogP contribution in [0.25, 0.3) is 6.08 Å². The fourth-order valence-corrected chi connectivity index (χ4v) is 2.95. The van der Waals surface area contributed by atoms with Gasteiger partial charge in [-0.3, -0.25) is 9.48 Å². The van der Waals surface area contributed by atoms with Crippen LogP contribution in [0.4, 0.5) is 14.6 Å². The lowest BCUT2D eigenvalue weighted by atomic mass is 10.2. The van der Waals surface area contributed by atoms with E-state index < -0.39 is 11.7 Å². The molecule has 0 bridgehead atoms. The Bertz CT molecular complexity index is 982. The lowest BCUT2D eigenvalue weighted by Crippen LogP contribution is -2.10. The van der Waals surface area contributed by atoms with Crippen molar-refractivity contribution in [1.29, 1.82) is 0 Å². The molecular formula is C19H13BrClF2N3O. The SMILES string of the molecule is O=C(/C=C/c1ccc(F)cc1)Nc1nn(Cc2c(F)cccc2Cl)cc1Br. The first-order valence-electron chi connectivity index (χ1n) is 7.83. The predicted octanol–water partition coefficient (Wildman–Crippen LogP) is 5.28. The van der Waals surface area contributed by atoms with Gasteiger partial charge < -0.3 is 5.32 Å². The van der Waals surface area contributed by atoms with Crippen LogP contribution in [0, 0.1) is 11.6 Å². The highest BCUT2D eigenvalue weighted by Crippen LogP contribution is 2.24. The van der Waals surface area contributed by atoms with Gasteiger partial charge in [0.1, 0.15) is 11.6 Å². The second-order valence-corrected chi connectivity index (χ2v) is 6.86. The van der Waals surface area contributed by atoms with Crippen molar-refractivity contribution in [2.24, 2.45) is 0 Å². The van der Waals surface area contributed by atoms with E-state index in [-0.39, 0.29) is 18.2 Å². The molecular weight excluding hydrogens is 440 g/mol. The second kappa shape index (κ2) is 8.45. The van der Waals surface area contributed by atoms with Crippen LogP contribution in [0.3, 0.4) is 0 Å². The van der Waals surface area contributed by atoms with Crippen LogP contribution in [-0.4, -0.2) is 15.7 Å². The fraction of sp³-hybridized carbons (Fsp3) is 0.0526. The minimum atomic E-state index is -0.429. The zero-order valence-corrected chi connectivity index (χ0v) is 16.1. The minimum Gasteiger partial charge on any atom is -0.305 e. The van der Waals surface area contributed by atoms with Crippen LogP contribution in [0.1, 0.15) is 11.1 Å². The molecule has 1 heterocycles. The average molecular weight is 453 g/mol. The summed E-state index contributed by atoms with van der Waals surface area (Å²) in [7, 11) is 0. The van der Waals surface area contributed by atoms with Gasteiger partial charge >= 0.3 is 0 Å². The predicted molar refractivity (Wildman–Crippen MR) is 105 cm³/mol. The Morgan fingerprint density at radius 2 is 1.96 bits per heavy atom. The summed E-state index contributed by atoms with van der Waals surface area (Å²) in [5.74, 6) is -0.895. The number of rotatable bonds is 5. The maximum absolute atomic E-state index is 13.9. The fourth-order valence-electron chi connectivity index (χ4n) is 2.31. The Labute approximate surface area is 167 Å². The third kappa shape index (κ3) is 5.02. The molecule has 0 unspecified atom stereocenters. The number of carbonyl (C=O) groups is 1. The number of amides is 1. The van der Waals surface area contributed by atoms with Crippen molar-refractivity contribution < 1.29 is 13.6 Å². The summed E-state index contributed by atoms with van der Waals surface area (Å²) in [5, 5.41) is 7.15. The third-order valence-electron chi connectivity index (χ3n) is 3.64. The number of aromatic nitrogens is 2. The number of carbonyl (C=O) groups excluding carboxylic acids is 1. The van der Waals surface area contributed by atoms with Crippen LogP contribution in [-0.2, 0) is 11.3 Å². The third-order valence-corrected chi connectivity index (χ3v) is 4.57. The van der Waals surface area contributed by atoms with Crippen molar-refractivity contribution in [3.63, 3.8) is 0 Å². The van der Waals surface area contributed by atoms with Gasteiger partial charge in [0.05, 0.1) is 11.0 Å². The van der Waals surface area contributed by atoms with Crippen LogP contribution < -0.4 is 5.32 Å². The van der Waals surface area contributed by atoms with E-state index >= 15 is 0 Å². The summed E-state index contributed by atoms with van der Waals surface area (Å²) in [4.78, 5) is 12.1. The summed E-state index contributed by atoms with van der Waals surface area (Å²) in [6.45, 7) is 0.116. The molecule has 0 saturated heterocycles. The quantitative estimate of drug-likeness (QED) is 0.536. The molecule has 27 heavy (non-hydrogen) atoms. The maximum atomic E-state index is 13.9. The average Bonchev–Trinajstić information content (AvgIpc) is 2.97. The van der Waals surface area contributed by atoms with Gasteiger partial charge in [-0.15, -0.1) is 0 Å². The van der Waals surface area contributed by atoms with Crippen LogP contribution in [0.15, 0.2) is 59.2 Å². The highest BCUT2D eigenvalue weighted by molar-refractivity contribution is 9.10. The number of hydrogen-bond acceptors (Lipinski definition) is 2. The zero-order valence-electron chi connectivity index (χ0n) is 13.8. The van der Waals surface area contributed by atoms with Gasteiger partial charge in [-0.2, -0.15) is 5.10 Å². The standard InChI is InChI=1S/C19H13BrClF2N3O/c20-15-11-26(10-14-16(21)2-1-3-17(14)23)25-19(15)24-18(27)9-6-12-4-7-13(22)8-5-12/h1-9,11H,10H2,(H,24,25,27)/b9-6+. The van der Waals surface area contributed by atoms with Gasteiger partial charge in [0.15, 0.2) is 5.82 Å². The van der Waals surface area contributed by atoms with Crippen molar-refractivity contribution >= 4 is 45.3 Å². The van der Waals surface area contributed by atoms with Gasteiger partial charge in [-0.1, -0.05) is 29.8 Å². The van der Waals surface area contributed by atoms with Crippen molar-refractivity contribution in [2.45, 2.75) is 6.54 Å². The first-order chi connectivity index (χ1) is 12.9. The molecule has 0 radical (unpaired) electrons. The molecule has 3 rings (SSSR count). The molecule has 0 aliphatic rings. The Balaban J connectivity index is 1.69. The molecule has 0 aliphatic carbocycles. The van der Waals surface area contributed by atoms with Crippen LogP contribution >= 0.6 is 27.5 Å². The summed E-state index contributed by atoms with van der Waals surface area (Å²) >= 11 is 9.33. The van der Waals surface area contributed by atoms with Gasteiger partial charge in [-0.05, 0) is 51.8 Å². The molecule has 4 nitrogen and oxygen atoms in total. The summed E-state index contributed by atoms with van der Waals surface area (Å²) in [5.41, 5.74) is 0.994. The number of hydrogen-bond donors (Lipinski definition) is 1. The van der Waals surface area contributed by atoms with Gasteiger partial charge in [0, 0.05) is 22.9 Å². The molecule has 1 N–H and O–H groups in total. The molecule has 1 amide bonds. The Kier molecular flexibility index (Phi) is 6.03. The van der Waals surface area contributed by atoms with E-state index in [1.807, 2.05) is 0 Å². The van der Waals surface area contributed by atoms with Gasteiger partial charge in [-0.25, -0.2) is 8.78 Å². The molecule has 0 saturated carbocycles. The minimum absolute atomic E-state index is 0.116. The topological polar surface area (TPSA) is 46.9 Å². The molecule has 0 spiro atoms. The van der Waals surface area contributed by atoms with E-state index in [4.69, 9.17) is 11.6 Å². The molecule has 0 aliphatic heterocycles. The number of nitrogens with zero attached hydrogens (tertiary/aromatic N) is 2. The van der Waals surface area contributed by atoms with Crippen molar-refractivity contribution in [3.8, 4) is 0 Å². The number of nitrogens with one attached hydrogen (secondary N) is 1. The molecule has 1 aromatic heterocycles. The highest BCUT2D eigenvalue weighted by Gasteiger charge is 2.12. The molecule has 0 fully saturated rings. The van der Waals surface area contributed by atoms with Crippen molar-refractivity contribution in [1.82, 2.24) is 9.78 Å². The van der Waals surface area contributed by atoms with E-state index in [0.717, 1.165) is 0 Å². The summed E-state index contributed by atoms with van der Waals surface area (Å²) in [6, 6.07) is 10.2. The Hall–Kier alpha value is -2.51. The lowest BCUT2D eigenvalue weighted by molar-refractivity contribution is -0.111. The number of halogens is 4. The normalized spacial score (nSPS) is 11.1. The van der Waals surface area contributed by atoms with Crippen LogP contribution in [0.2, 0.25) is 5.02 Å². The lowest BCUT2D eigenvalue weighted by Gasteiger charge is -2.05. The van der Waals surface area contributed by atoms with E-state index in [1.54, 1.807) is 30.5 Å². The first kappa shape index (κ1) is 19.3. The molecule has 138 valence electrons. The zero-order chi connectivity index (χ0) is 19.4. The second-order valence-electron chi connectivity index (χ2n) is 5.60. The van der Waals surface area contributed by atoms with Crippen molar-refractivity contribution in [3.05, 3.63) is 87.0 Å². The van der Waals surface area contributed by atoms with E-state index in [0.29, 0.717) is 20.6 Å². The van der Waals surface area contributed by atoms with Gasteiger partial charge in [0.25, 0.3) is 0 Å². The highest BCUT2D eigenvalue weighted by atomic mass is 79.9. The van der Waals surface area contributed by atoms with Crippen molar-refractivity contribution in [2.75, 3.05) is 5.32 Å². The van der Waals surface area contributed by atoms with Crippen LogP contribution in [0.5, 0.6) is 0 Å². The maximum Gasteiger partial charge on any atom is 0.249 e. The van der Waals surface area contributed by atoms with E-state index in [2.05, 4.69) is 26.3 Å². The molecule has 0 atom stereocenters. The van der Waals surface area contributed by atoms with Gasteiger partial charge in [0.2, 0.25) is 5.91 Å². The smallest absolute Gasteiger partial charge is 0.249 e. The summed E-state index contributed by atoms with van der Waals surface area (Å²) in [6.07, 6.45) is 4.48. The monoisotopic (exact) mass is 451 g/mol. The van der Waals surface area contributed by atoms with E-state index in [1.165, 1.54) is 35.0 Å². The molecule has 3 aromatic rings. The number of anilines is 1. The molecule has 2 aromatic carbocycles. The largest absolute Gasteiger partial charge is 0.305 e.